The molecule has 0 aliphatic carbocycles. The molecule has 0 radical (unpaired) electrons. The van der Waals surface area contributed by atoms with Crippen molar-refractivity contribution in [3.05, 3.63) is 64.9 Å². The predicted octanol–water partition coefficient (Wildman–Crippen LogP) is 2.26. The molecule has 2 amide bonds. The number of hydrogen-bond acceptors (Lipinski definition) is 3. The molecule has 7 heteroatoms. The zero-order chi connectivity index (χ0) is 18.0. The van der Waals surface area contributed by atoms with Gasteiger partial charge in [-0.05, 0) is 18.2 Å². The fraction of sp³-hybridized carbons (Fsp3) is 0.222. The minimum atomic E-state index is -2.16. The lowest BCUT2D eigenvalue weighted by atomic mass is 10.0. The number of nitrogens with one attached hydrogen (secondary N) is 1. The van der Waals surface area contributed by atoms with E-state index in [1.807, 2.05) is 6.07 Å². The number of benzene rings is 2. The zero-order valence-corrected chi connectivity index (χ0v) is 14.0. The van der Waals surface area contributed by atoms with Crippen molar-refractivity contribution in [2.45, 2.75) is 18.6 Å². The molecule has 130 valence electrons. The normalized spacial score (nSPS) is 20.0. The van der Waals surface area contributed by atoms with Crippen molar-refractivity contribution in [1.29, 1.82) is 0 Å². The Balaban J connectivity index is 1.71. The number of carbonyl (C=O) groups excluding carboxylic acids is 2. The van der Waals surface area contributed by atoms with Crippen LogP contribution in [0.25, 0.3) is 0 Å². The second-order valence-electron chi connectivity index (χ2n) is 5.80. The SMILES string of the molecule is O=C(NCc1cccc(Cl)c1F)C1(O)CCN(c2ccccc2)C1=O. The van der Waals surface area contributed by atoms with E-state index in [4.69, 9.17) is 11.6 Å². The van der Waals surface area contributed by atoms with Gasteiger partial charge in [0.2, 0.25) is 5.60 Å². The summed E-state index contributed by atoms with van der Waals surface area (Å²) in [7, 11) is 0. The minimum Gasteiger partial charge on any atom is -0.372 e. The Morgan fingerprint density at radius 1 is 1.24 bits per heavy atom. The highest BCUT2D eigenvalue weighted by Crippen LogP contribution is 2.28. The highest BCUT2D eigenvalue weighted by atomic mass is 35.5. The van der Waals surface area contributed by atoms with Gasteiger partial charge in [-0.3, -0.25) is 9.59 Å². The van der Waals surface area contributed by atoms with Crippen molar-refractivity contribution in [2.24, 2.45) is 0 Å². The van der Waals surface area contributed by atoms with Crippen LogP contribution in [0.3, 0.4) is 0 Å². The van der Waals surface area contributed by atoms with Crippen LogP contribution in [0.4, 0.5) is 10.1 Å². The van der Waals surface area contributed by atoms with Gasteiger partial charge < -0.3 is 15.3 Å². The quantitative estimate of drug-likeness (QED) is 0.820. The molecule has 0 spiro atoms. The van der Waals surface area contributed by atoms with Crippen molar-refractivity contribution in [3.63, 3.8) is 0 Å². The molecular weight excluding hydrogens is 347 g/mol. The van der Waals surface area contributed by atoms with Crippen LogP contribution >= 0.6 is 11.6 Å². The molecule has 2 N–H and O–H groups in total. The van der Waals surface area contributed by atoms with E-state index in [1.54, 1.807) is 30.3 Å². The smallest absolute Gasteiger partial charge is 0.268 e. The molecule has 0 saturated carbocycles. The molecule has 0 bridgehead atoms. The number of para-hydroxylation sites is 1. The standard InChI is InChI=1S/C18H16ClFN2O3/c19-14-8-4-5-12(15(14)20)11-21-16(23)18(25)9-10-22(17(18)24)13-6-2-1-3-7-13/h1-8,25H,9-11H2,(H,21,23). The van der Waals surface area contributed by atoms with Gasteiger partial charge in [0.25, 0.3) is 11.8 Å². The Morgan fingerprint density at radius 2 is 1.96 bits per heavy atom. The van der Waals surface area contributed by atoms with E-state index in [9.17, 15) is 19.1 Å². The summed E-state index contributed by atoms with van der Waals surface area (Å²) in [5, 5.41) is 12.9. The molecule has 0 aromatic heterocycles. The second-order valence-corrected chi connectivity index (χ2v) is 6.21. The van der Waals surface area contributed by atoms with Gasteiger partial charge >= 0.3 is 0 Å². The molecule has 1 heterocycles. The number of aliphatic hydroxyl groups is 1. The monoisotopic (exact) mass is 362 g/mol. The number of anilines is 1. The minimum absolute atomic E-state index is 0.0371. The molecule has 25 heavy (non-hydrogen) atoms. The van der Waals surface area contributed by atoms with Crippen LogP contribution in [0.15, 0.2) is 48.5 Å². The van der Waals surface area contributed by atoms with Crippen LogP contribution in [0.2, 0.25) is 5.02 Å². The van der Waals surface area contributed by atoms with E-state index in [0.29, 0.717) is 5.69 Å². The third kappa shape index (κ3) is 3.23. The Morgan fingerprint density at radius 3 is 2.68 bits per heavy atom. The molecule has 1 aliphatic rings. The summed E-state index contributed by atoms with van der Waals surface area (Å²) < 4.78 is 13.9. The Hall–Kier alpha value is -2.44. The summed E-state index contributed by atoms with van der Waals surface area (Å²) in [6.45, 7) is 0.0461. The molecule has 1 aliphatic heterocycles. The van der Waals surface area contributed by atoms with Crippen LogP contribution in [0.5, 0.6) is 0 Å². The van der Waals surface area contributed by atoms with E-state index >= 15 is 0 Å². The molecule has 1 atom stereocenters. The summed E-state index contributed by atoms with van der Waals surface area (Å²) in [5.41, 5.74) is -1.38. The maximum absolute atomic E-state index is 13.9. The van der Waals surface area contributed by atoms with Crippen molar-refractivity contribution in [2.75, 3.05) is 11.4 Å². The van der Waals surface area contributed by atoms with Gasteiger partial charge in [-0.15, -0.1) is 0 Å². The first-order valence-electron chi connectivity index (χ1n) is 7.74. The lowest BCUT2D eigenvalue weighted by Crippen LogP contribution is -2.52. The molecular formula is C18H16ClFN2O3. The first-order valence-corrected chi connectivity index (χ1v) is 8.12. The maximum atomic E-state index is 13.9. The summed E-state index contributed by atoms with van der Waals surface area (Å²) in [4.78, 5) is 26.2. The number of hydrogen-bond donors (Lipinski definition) is 2. The average Bonchev–Trinajstić information content (AvgIpc) is 2.93. The van der Waals surface area contributed by atoms with Gasteiger partial charge in [0.15, 0.2) is 0 Å². The second kappa shape index (κ2) is 6.82. The van der Waals surface area contributed by atoms with Crippen molar-refractivity contribution in [3.8, 4) is 0 Å². The van der Waals surface area contributed by atoms with Gasteiger partial charge in [-0.2, -0.15) is 0 Å². The van der Waals surface area contributed by atoms with Gasteiger partial charge in [-0.25, -0.2) is 4.39 Å². The molecule has 1 unspecified atom stereocenters. The topological polar surface area (TPSA) is 69.6 Å². The number of carbonyl (C=O) groups is 2. The average molecular weight is 363 g/mol. The molecule has 2 aromatic carbocycles. The Bertz CT molecular complexity index is 815. The molecule has 5 nitrogen and oxygen atoms in total. The summed E-state index contributed by atoms with van der Waals surface area (Å²) in [6, 6.07) is 13.2. The zero-order valence-electron chi connectivity index (χ0n) is 13.2. The van der Waals surface area contributed by atoms with Crippen LogP contribution < -0.4 is 10.2 Å². The fourth-order valence-corrected chi connectivity index (χ4v) is 2.97. The van der Waals surface area contributed by atoms with E-state index < -0.39 is 23.2 Å². The van der Waals surface area contributed by atoms with E-state index in [0.717, 1.165) is 0 Å². The summed E-state index contributed by atoms with van der Waals surface area (Å²) in [5.74, 6) is -2.18. The number of halogens is 2. The van der Waals surface area contributed by atoms with Crippen molar-refractivity contribution < 1.29 is 19.1 Å². The molecule has 1 saturated heterocycles. The third-order valence-corrected chi connectivity index (χ3v) is 4.50. The Labute approximate surface area is 149 Å². The lowest BCUT2D eigenvalue weighted by molar-refractivity contribution is -0.149. The summed E-state index contributed by atoms with van der Waals surface area (Å²) >= 11 is 5.70. The van der Waals surface area contributed by atoms with Gasteiger partial charge in [0.1, 0.15) is 5.82 Å². The fourth-order valence-electron chi connectivity index (χ4n) is 2.78. The van der Waals surface area contributed by atoms with Crippen molar-refractivity contribution in [1.82, 2.24) is 5.32 Å². The summed E-state index contributed by atoms with van der Waals surface area (Å²) in [6.07, 6.45) is -0.0371. The van der Waals surface area contributed by atoms with E-state index in [-0.39, 0.29) is 30.1 Å². The Kier molecular flexibility index (Phi) is 4.74. The van der Waals surface area contributed by atoms with Crippen LogP contribution in [0.1, 0.15) is 12.0 Å². The first kappa shape index (κ1) is 17.4. The van der Waals surface area contributed by atoms with Crippen LogP contribution in [-0.4, -0.2) is 29.1 Å². The lowest BCUT2D eigenvalue weighted by Gasteiger charge is -2.21. The molecule has 1 fully saturated rings. The maximum Gasteiger partial charge on any atom is 0.268 e. The number of amides is 2. The predicted molar refractivity (Wildman–Crippen MR) is 91.6 cm³/mol. The highest BCUT2D eigenvalue weighted by molar-refractivity contribution is 6.30. The number of nitrogens with zero attached hydrogens (tertiary/aromatic N) is 1. The van der Waals surface area contributed by atoms with E-state index in [1.165, 1.54) is 17.0 Å². The van der Waals surface area contributed by atoms with E-state index in [2.05, 4.69) is 5.32 Å². The van der Waals surface area contributed by atoms with Crippen LogP contribution in [-0.2, 0) is 16.1 Å². The first-order chi connectivity index (χ1) is 11.9. The van der Waals surface area contributed by atoms with Gasteiger partial charge in [0, 0.05) is 30.8 Å². The third-order valence-electron chi connectivity index (χ3n) is 4.21. The molecule has 3 rings (SSSR count). The van der Waals surface area contributed by atoms with Crippen LogP contribution in [0, 0.1) is 5.82 Å². The van der Waals surface area contributed by atoms with Gasteiger partial charge in [-0.1, -0.05) is 41.9 Å². The highest BCUT2D eigenvalue weighted by Gasteiger charge is 2.51. The largest absolute Gasteiger partial charge is 0.372 e. The number of rotatable bonds is 4. The van der Waals surface area contributed by atoms with Crippen molar-refractivity contribution >= 4 is 29.1 Å². The molecule has 2 aromatic rings. The van der Waals surface area contributed by atoms with Gasteiger partial charge in [0.05, 0.1) is 5.02 Å².